The number of ketones is 1. The van der Waals surface area contributed by atoms with Crippen LogP contribution in [0.3, 0.4) is 0 Å². The first kappa shape index (κ1) is 11.2. The molecule has 0 radical (unpaired) electrons. The fraction of sp³-hybridized carbons (Fsp3) is 0.700. The number of carbonyl (C=O) groups is 1. The van der Waals surface area contributed by atoms with Crippen LogP contribution < -0.4 is 5.32 Å². The molecule has 0 aliphatic carbocycles. The lowest BCUT2D eigenvalue weighted by atomic mass is 10.1. The fourth-order valence-electron chi connectivity index (χ4n) is 1.02. The average Bonchev–Trinajstić information content (AvgIpc) is 2.01. The Bertz CT molecular complexity index is 188. The second kappa shape index (κ2) is 6.87. The van der Waals surface area contributed by atoms with Gasteiger partial charge in [0, 0.05) is 12.5 Å². The molecule has 0 spiro atoms. The summed E-state index contributed by atoms with van der Waals surface area (Å²) in [6.07, 6.45) is 0.981. The highest BCUT2D eigenvalue weighted by atomic mass is 16.1. The molecular formula is C10H17NO. The van der Waals surface area contributed by atoms with Crippen LogP contribution in [0.4, 0.5) is 0 Å². The number of Topliss-reactive ketones (excluding diaryl/α,β-unsaturated/α-hetero) is 1. The smallest absolute Gasteiger partial charge is 0.146 e. The van der Waals surface area contributed by atoms with Crippen LogP contribution in [0.1, 0.15) is 33.6 Å². The highest BCUT2D eigenvalue weighted by Crippen LogP contribution is 1.94. The largest absolute Gasteiger partial charge is 0.314 e. The lowest BCUT2D eigenvalue weighted by molar-refractivity contribution is -0.118. The molecule has 12 heavy (non-hydrogen) atoms. The molecule has 1 unspecified atom stereocenters. The molecular weight excluding hydrogens is 150 g/mol. The predicted molar refractivity (Wildman–Crippen MR) is 50.8 cm³/mol. The topological polar surface area (TPSA) is 29.1 Å². The number of hydrogen-bond acceptors (Lipinski definition) is 2. The quantitative estimate of drug-likeness (QED) is 0.626. The minimum absolute atomic E-state index is 0.220. The summed E-state index contributed by atoms with van der Waals surface area (Å²) in [4.78, 5) is 11.1. The van der Waals surface area contributed by atoms with E-state index in [0.717, 1.165) is 6.54 Å². The second-order valence-electron chi connectivity index (χ2n) is 2.81. The molecule has 0 amide bonds. The van der Waals surface area contributed by atoms with Crippen molar-refractivity contribution in [1.82, 2.24) is 5.32 Å². The van der Waals surface area contributed by atoms with Crippen molar-refractivity contribution in [3.8, 4) is 11.8 Å². The summed E-state index contributed by atoms with van der Waals surface area (Å²) in [5.74, 6) is 5.70. The van der Waals surface area contributed by atoms with Gasteiger partial charge in [0.25, 0.3) is 0 Å². The summed E-state index contributed by atoms with van der Waals surface area (Å²) in [5.41, 5.74) is 0. The van der Waals surface area contributed by atoms with E-state index in [-0.39, 0.29) is 11.8 Å². The third kappa shape index (κ3) is 5.94. The van der Waals surface area contributed by atoms with Gasteiger partial charge in [0.1, 0.15) is 5.78 Å². The van der Waals surface area contributed by atoms with Crippen molar-refractivity contribution < 1.29 is 4.79 Å². The van der Waals surface area contributed by atoms with Gasteiger partial charge in [0.2, 0.25) is 0 Å². The maximum atomic E-state index is 11.1. The van der Waals surface area contributed by atoms with Crippen molar-refractivity contribution in [2.45, 2.75) is 39.7 Å². The van der Waals surface area contributed by atoms with Gasteiger partial charge >= 0.3 is 0 Å². The van der Waals surface area contributed by atoms with E-state index in [9.17, 15) is 4.79 Å². The van der Waals surface area contributed by atoms with Gasteiger partial charge in [0.05, 0.1) is 6.42 Å². The van der Waals surface area contributed by atoms with Crippen molar-refractivity contribution in [2.75, 3.05) is 6.54 Å². The average molecular weight is 167 g/mol. The van der Waals surface area contributed by atoms with Crippen LogP contribution in [0.5, 0.6) is 0 Å². The van der Waals surface area contributed by atoms with Crippen molar-refractivity contribution in [1.29, 1.82) is 0 Å². The van der Waals surface area contributed by atoms with Crippen molar-refractivity contribution >= 4 is 5.78 Å². The molecule has 68 valence electrons. The van der Waals surface area contributed by atoms with E-state index in [1.54, 1.807) is 6.92 Å². The molecule has 0 aromatic carbocycles. The van der Waals surface area contributed by atoms with Crippen LogP contribution in [0.15, 0.2) is 0 Å². The molecule has 0 aromatic heterocycles. The van der Waals surface area contributed by atoms with Gasteiger partial charge in [-0.2, -0.15) is 0 Å². The summed E-state index contributed by atoms with van der Waals surface area (Å²) in [6.45, 7) is 6.71. The Labute approximate surface area is 74.7 Å². The first-order chi connectivity index (χ1) is 5.70. The van der Waals surface area contributed by atoms with Crippen molar-refractivity contribution in [3.05, 3.63) is 0 Å². The summed E-state index contributed by atoms with van der Waals surface area (Å²) in [6, 6.07) is 0.279. The molecule has 0 aliphatic rings. The van der Waals surface area contributed by atoms with E-state index in [2.05, 4.69) is 17.2 Å². The normalized spacial score (nSPS) is 11.6. The number of nitrogens with one attached hydrogen (secondary N) is 1. The summed E-state index contributed by atoms with van der Waals surface area (Å²) in [5, 5.41) is 3.18. The summed E-state index contributed by atoms with van der Waals surface area (Å²) >= 11 is 0. The maximum absolute atomic E-state index is 11.1. The third-order valence-corrected chi connectivity index (χ3v) is 1.55. The molecule has 0 saturated carbocycles. The Balaban J connectivity index is 3.58. The lowest BCUT2D eigenvalue weighted by Gasteiger charge is -2.09. The highest BCUT2D eigenvalue weighted by Gasteiger charge is 2.05. The van der Waals surface area contributed by atoms with Crippen LogP contribution in [0, 0.1) is 11.8 Å². The standard InChI is InChI=1S/C10H17NO/c1-4-6-7-10(12)8-9(3)11-5-2/h9,11H,5,7-8H2,1-3H3. The van der Waals surface area contributed by atoms with E-state index >= 15 is 0 Å². The zero-order valence-electron chi connectivity index (χ0n) is 8.11. The minimum atomic E-state index is 0.220. The Morgan fingerprint density at radius 3 is 2.75 bits per heavy atom. The van der Waals surface area contributed by atoms with E-state index in [1.807, 2.05) is 13.8 Å². The summed E-state index contributed by atoms with van der Waals surface area (Å²) in [7, 11) is 0. The van der Waals surface area contributed by atoms with Gasteiger partial charge in [-0.15, -0.1) is 5.92 Å². The first-order valence-corrected chi connectivity index (χ1v) is 4.35. The van der Waals surface area contributed by atoms with Crippen LogP contribution in [-0.2, 0) is 4.79 Å². The predicted octanol–water partition coefficient (Wildman–Crippen LogP) is 1.36. The molecule has 1 N–H and O–H groups in total. The number of hydrogen-bond donors (Lipinski definition) is 1. The molecule has 0 aromatic rings. The Kier molecular flexibility index (Phi) is 6.41. The van der Waals surface area contributed by atoms with Crippen LogP contribution in [-0.4, -0.2) is 18.4 Å². The monoisotopic (exact) mass is 167 g/mol. The molecule has 0 heterocycles. The van der Waals surface area contributed by atoms with Crippen molar-refractivity contribution in [3.63, 3.8) is 0 Å². The van der Waals surface area contributed by atoms with Gasteiger partial charge in [0.15, 0.2) is 0 Å². The van der Waals surface area contributed by atoms with Crippen LogP contribution in [0.2, 0.25) is 0 Å². The number of rotatable bonds is 5. The number of carbonyl (C=O) groups excluding carboxylic acids is 1. The zero-order chi connectivity index (χ0) is 9.40. The van der Waals surface area contributed by atoms with E-state index in [1.165, 1.54) is 0 Å². The fourth-order valence-corrected chi connectivity index (χ4v) is 1.02. The highest BCUT2D eigenvalue weighted by molar-refractivity contribution is 5.81. The van der Waals surface area contributed by atoms with Crippen LogP contribution in [0.25, 0.3) is 0 Å². The summed E-state index contributed by atoms with van der Waals surface area (Å²) < 4.78 is 0. The van der Waals surface area contributed by atoms with Gasteiger partial charge in [-0.05, 0) is 20.4 Å². The molecule has 0 aliphatic heterocycles. The Morgan fingerprint density at radius 1 is 1.58 bits per heavy atom. The minimum Gasteiger partial charge on any atom is -0.314 e. The molecule has 0 saturated heterocycles. The maximum Gasteiger partial charge on any atom is 0.146 e. The molecule has 2 nitrogen and oxygen atoms in total. The molecule has 0 rings (SSSR count). The van der Waals surface area contributed by atoms with Gasteiger partial charge in [-0.3, -0.25) is 4.79 Å². The van der Waals surface area contributed by atoms with Crippen LogP contribution >= 0.6 is 0 Å². The SMILES string of the molecule is CC#CCC(=O)CC(C)NCC. The Hall–Kier alpha value is -0.810. The van der Waals surface area contributed by atoms with E-state index in [4.69, 9.17) is 0 Å². The van der Waals surface area contributed by atoms with Gasteiger partial charge in [-0.1, -0.05) is 12.8 Å². The zero-order valence-corrected chi connectivity index (χ0v) is 8.11. The van der Waals surface area contributed by atoms with Gasteiger partial charge < -0.3 is 5.32 Å². The Morgan fingerprint density at radius 2 is 2.25 bits per heavy atom. The lowest BCUT2D eigenvalue weighted by Crippen LogP contribution is -2.27. The molecule has 2 heteroatoms. The second-order valence-corrected chi connectivity index (χ2v) is 2.81. The van der Waals surface area contributed by atoms with E-state index < -0.39 is 0 Å². The van der Waals surface area contributed by atoms with Gasteiger partial charge in [-0.25, -0.2) is 0 Å². The molecule has 0 fully saturated rings. The van der Waals surface area contributed by atoms with Crippen molar-refractivity contribution in [2.24, 2.45) is 0 Å². The van der Waals surface area contributed by atoms with E-state index in [0.29, 0.717) is 12.8 Å². The molecule has 1 atom stereocenters. The first-order valence-electron chi connectivity index (χ1n) is 4.35. The third-order valence-electron chi connectivity index (χ3n) is 1.55. The molecule has 0 bridgehead atoms.